The minimum Gasteiger partial charge on any atom is -0.481 e. The highest BCUT2D eigenvalue weighted by molar-refractivity contribution is 6.04. The SMILES string of the molecule is CC1CN(C(=O)c2n[nH]c3ccccc23)CCC1C(=O)O. The van der Waals surface area contributed by atoms with Crippen molar-refractivity contribution in [3.8, 4) is 0 Å². The number of amides is 1. The molecule has 2 N–H and O–H groups in total. The highest BCUT2D eigenvalue weighted by atomic mass is 16.4. The Bertz CT molecular complexity index is 694. The first-order valence-electron chi connectivity index (χ1n) is 7.03. The predicted molar refractivity (Wildman–Crippen MR) is 76.9 cm³/mol. The number of aromatic nitrogens is 2. The van der Waals surface area contributed by atoms with Gasteiger partial charge in [-0.15, -0.1) is 0 Å². The number of fused-ring (bicyclic) bond motifs is 1. The summed E-state index contributed by atoms with van der Waals surface area (Å²) >= 11 is 0. The average molecular weight is 287 g/mol. The number of nitrogens with zero attached hydrogens (tertiary/aromatic N) is 2. The van der Waals surface area contributed by atoms with E-state index in [9.17, 15) is 9.59 Å². The molecule has 6 nitrogen and oxygen atoms in total. The molecule has 1 aliphatic heterocycles. The summed E-state index contributed by atoms with van der Waals surface area (Å²) in [5, 5.41) is 16.9. The molecule has 0 radical (unpaired) electrons. The molecule has 1 aromatic heterocycles. The number of rotatable bonds is 2. The molecule has 0 bridgehead atoms. The molecule has 110 valence electrons. The van der Waals surface area contributed by atoms with E-state index in [1.165, 1.54) is 0 Å². The van der Waals surface area contributed by atoms with Crippen LogP contribution in [-0.4, -0.2) is 45.2 Å². The summed E-state index contributed by atoms with van der Waals surface area (Å²) < 4.78 is 0. The molecule has 0 spiro atoms. The number of benzene rings is 1. The van der Waals surface area contributed by atoms with Crippen LogP contribution in [0.1, 0.15) is 23.8 Å². The van der Waals surface area contributed by atoms with Crippen LogP contribution in [-0.2, 0) is 4.79 Å². The van der Waals surface area contributed by atoms with E-state index in [4.69, 9.17) is 5.11 Å². The zero-order valence-electron chi connectivity index (χ0n) is 11.7. The lowest BCUT2D eigenvalue weighted by molar-refractivity contribution is -0.145. The lowest BCUT2D eigenvalue weighted by Crippen LogP contribution is -2.45. The first-order chi connectivity index (χ1) is 10.1. The smallest absolute Gasteiger partial charge is 0.306 e. The van der Waals surface area contributed by atoms with E-state index in [2.05, 4.69) is 10.2 Å². The van der Waals surface area contributed by atoms with Crippen molar-refractivity contribution >= 4 is 22.8 Å². The number of carboxylic acid groups (broad SMARTS) is 1. The number of likely N-dealkylation sites (tertiary alicyclic amines) is 1. The van der Waals surface area contributed by atoms with Crippen LogP contribution >= 0.6 is 0 Å². The van der Waals surface area contributed by atoms with E-state index >= 15 is 0 Å². The fourth-order valence-corrected chi connectivity index (χ4v) is 2.97. The zero-order chi connectivity index (χ0) is 15.0. The number of para-hydroxylation sites is 1. The van der Waals surface area contributed by atoms with Crippen molar-refractivity contribution in [2.75, 3.05) is 13.1 Å². The molecule has 2 heterocycles. The van der Waals surface area contributed by atoms with Crippen molar-refractivity contribution in [1.82, 2.24) is 15.1 Å². The number of aromatic amines is 1. The molecule has 1 amide bonds. The summed E-state index contributed by atoms with van der Waals surface area (Å²) in [6.45, 7) is 2.79. The van der Waals surface area contributed by atoms with Crippen LogP contribution in [0.5, 0.6) is 0 Å². The molecule has 1 aliphatic rings. The Morgan fingerprint density at radius 1 is 1.38 bits per heavy atom. The largest absolute Gasteiger partial charge is 0.481 e. The van der Waals surface area contributed by atoms with Crippen LogP contribution < -0.4 is 0 Å². The average Bonchev–Trinajstić information content (AvgIpc) is 2.90. The number of aliphatic carboxylic acids is 1. The second kappa shape index (κ2) is 5.20. The van der Waals surface area contributed by atoms with Crippen molar-refractivity contribution in [3.05, 3.63) is 30.0 Å². The fourth-order valence-electron chi connectivity index (χ4n) is 2.97. The number of carboxylic acids is 1. The van der Waals surface area contributed by atoms with E-state index in [1.54, 1.807) is 4.90 Å². The van der Waals surface area contributed by atoms with Gasteiger partial charge in [0, 0.05) is 18.5 Å². The van der Waals surface area contributed by atoms with Crippen LogP contribution in [0, 0.1) is 11.8 Å². The molecule has 2 unspecified atom stereocenters. The molecular weight excluding hydrogens is 270 g/mol. The third-order valence-electron chi connectivity index (χ3n) is 4.18. The van der Waals surface area contributed by atoms with Gasteiger partial charge >= 0.3 is 5.97 Å². The summed E-state index contributed by atoms with van der Waals surface area (Å²) in [6, 6.07) is 7.49. The van der Waals surface area contributed by atoms with Gasteiger partial charge in [-0.05, 0) is 18.4 Å². The Balaban J connectivity index is 1.82. The summed E-state index contributed by atoms with van der Waals surface area (Å²) in [5.74, 6) is -1.33. The maximum absolute atomic E-state index is 12.6. The number of carbonyl (C=O) groups excluding carboxylic acids is 1. The first kappa shape index (κ1) is 13.6. The maximum Gasteiger partial charge on any atom is 0.306 e. The summed E-state index contributed by atoms with van der Waals surface area (Å²) in [6.07, 6.45) is 0.491. The van der Waals surface area contributed by atoms with E-state index < -0.39 is 5.97 Å². The first-order valence-corrected chi connectivity index (χ1v) is 7.03. The van der Waals surface area contributed by atoms with Crippen LogP contribution in [0.3, 0.4) is 0 Å². The molecule has 3 rings (SSSR count). The minimum atomic E-state index is -0.778. The van der Waals surface area contributed by atoms with Gasteiger partial charge in [0.2, 0.25) is 0 Å². The van der Waals surface area contributed by atoms with Gasteiger partial charge in [0.15, 0.2) is 5.69 Å². The monoisotopic (exact) mass is 287 g/mol. The molecule has 2 atom stereocenters. The molecule has 2 aromatic rings. The lowest BCUT2D eigenvalue weighted by atomic mass is 9.87. The zero-order valence-corrected chi connectivity index (χ0v) is 11.7. The second-order valence-electron chi connectivity index (χ2n) is 5.58. The standard InChI is InChI=1S/C15H17N3O3/c1-9-8-18(7-6-10(9)15(20)21)14(19)13-11-4-2-3-5-12(11)16-17-13/h2-5,9-10H,6-8H2,1H3,(H,16,17)(H,20,21). The van der Waals surface area contributed by atoms with Crippen LogP contribution in [0.15, 0.2) is 24.3 Å². The Hall–Kier alpha value is -2.37. The van der Waals surface area contributed by atoms with Gasteiger partial charge in [0.05, 0.1) is 11.4 Å². The number of nitrogens with one attached hydrogen (secondary N) is 1. The van der Waals surface area contributed by atoms with Crippen molar-refractivity contribution in [2.45, 2.75) is 13.3 Å². The number of piperidine rings is 1. The van der Waals surface area contributed by atoms with Gasteiger partial charge in [0.25, 0.3) is 5.91 Å². The molecule has 6 heteroatoms. The molecule has 1 aromatic carbocycles. The third kappa shape index (κ3) is 2.37. The Morgan fingerprint density at radius 3 is 2.86 bits per heavy atom. The molecule has 0 aliphatic carbocycles. The topological polar surface area (TPSA) is 86.3 Å². The normalized spacial score (nSPS) is 22.4. The Morgan fingerprint density at radius 2 is 2.14 bits per heavy atom. The van der Waals surface area contributed by atoms with Gasteiger partial charge in [-0.2, -0.15) is 5.10 Å². The second-order valence-corrected chi connectivity index (χ2v) is 5.58. The predicted octanol–water partition coefficient (Wildman–Crippen LogP) is 1.75. The maximum atomic E-state index is 12.6. The van der Waals surface area contributed by atoms with Crippen LogP contribution in [0.4, 0.5) is 0 Å². The fraction of sp³-hybridized carbons (Fsp3) is 0.400. The number of carbonyl (C=O) groups is 2. The molecule has 1 saturated heterocycles. The molecular formula is C15H17N3O3. The van der Waals surface area contributed by atoms with Gasteiger partial charge < -0.3 is 10.0 Å². The number of hydrogen-bond donors (Lipinski definition) is 2. The molecule has 0 saturated carbocycles. The van der Waals surface area contributed by atoms with E-state index in [-0.39, 0.29) is 17.7 Å². The molecule has 1 fully saturated rings. The van der Waals surface area contributed by atoms with Gasteiger partial charge in [-0.25, -0.2) is 0 Å². The quantitative estimate of drug-likeness (QED) is 0.881. The third-order valence-corrected chi connectivity index (χ3v) is 4.18. The van der Waals surface area contributed by atoms with E-state index in [0.717, 1.165) is 10.9 Å². The van der Waals surface area contributed by atoms with Crippen molar-refractivity contribution < 1.29 is 14.7 Å². The molecule has 21 heavy (non-hydrogen) atoms. The van der Waals surface area contributed by atoms with Crippen LogP contribution in [0.25, 0.3) is 10.9 Å². The highest BCUT2D eigenvalue weighted by Crippen LogP contribution is 2.25. The van der Waals surface area contributed by atoms with Gasteiger partial charge in [-0.1, -0.05) is 25.1 Å². The minimum absolute atomic E-state index is 0.0505. The van der Waals surface area contributed by atoms with Crippen molar-refractivity contribution in [1.29, 1.82) is 0 Å². The van der Waals surface area contributed by atoms with Crippen molar-refractivity contribution in [3.63, 3.8) is 0 Å². The summed E-state index contributed by atoms with van der Waals surface area (Å²) in [7, 11) is 0. The summed E-state index contributed by atoms with van der Waals surface area (Å²) in [5.41, 5.74) is 1.24. The van der Waals surface area contributed by atoms with Gasteiger partial charge in [0.1, 0.15) is 0 Å². The lowest BCUT2D eigenvalue weighted by Gasteiger charge is -2.34. The van der Waals surface area contributed by atoms with Crippen LogP contribution in [0.2, 0.25) is 0 Å². The highest BCUT2D eigenvalue weighted by Gasteiger charge is 2.34. The number of hydrogen-bond acceptors (Lipinski definition) is 3. The number of H-pyrrole nitrogens is 1. The Kier molecular flexibility index (Phi) is 3.37. The van der Waals surface area contributed by atoms with Gasteiger partial charge in [-0.3, -0.25) is 14.7 Å². The van der Waals surface area contributed by atoms with E-state index in [0.29, 0.717) is 25.2 Å². The van der Waals surface area contributed by atoms with Crippen molar-refractivity contribution in [2.24, 2.45) is 11.8 Å². The van der Waals surface area contributed by atoms with E-state index in [1.807, 2.05) is 31.2 Å². The Labute approximate surface area is 121 Å². The summed E-state index contributed by atoms with van der Waals surface area (Å²) in [4.78, 5) is 25.4.